The summed E-state index contributed by atoms with van der Waals surface area (Å²) in [5.74, 6) is -1.83. The highest BCUT2D eigenvalue weighted by molar-refractivity contribution is 9.10. The number of benzene rings is 3. The van der Waals surface area contributed by atoms with Crippen LogP contribution in [0.25, 0.3) is 5.76 Å². The van der Waals surface area contributed by atoms with Crippen molar-refractivity contribution in [3.63, 3.8) is 0 Å². The van der Waals surface area contributed by atoms with Crippen LogP contribution in [0, 0.1) is 12.7 Å². The van der Waals surface area contributed by atoms with Crippen molar-refractivity contribution in [2.24, 2.45) is 0 Å². The van der Waals surface area contributed by atoms with Crippen LogP contribution in [-0.4, -0.2) is 27.0 Å². The summed E-state index contributed by atoms with van der Waals surface area (Å²) in [4.78, 5) is 27.8. The molecule has 0 bridgehead atoms. The Kier molecular flexibility index (Phi) is 7.23. The van der Waals surface area contributed by atoms with Gasteiger partial charge in [-0.25, -0.2) is 4.39 Å². The molecule has 1 amide bonds. The maximum atomic E-state index is 14.0. The van der Waals surface area contributed by atoms with Crippen LogP contribution in [0.1, 0.15) is 28.3 Å². The zero-order valence-electron chi connectivity index (χ0n) is 19.4. The Morgan fingerprint density at radius 3 is 2.46 bits per heavy atom. The van der Waals surface area contributed by atoms with Crippen LogP contribution in [0.4, 0.5) is 9.52 Å². The molecule has 37 heavy (non-hydrogen) atoms. The minimum Gasteiger partial charge on any atom is -0.507 e. The van der Waals surface area contributed by atoms with E-state index in [1.54, 1.807) is 54.6 Å². The number of aromatic nitrogens is 2. The van der Waals surface area contributed by atoms with Crippen molar-refractivity contribution in [1.82, 2.24) is 10.2 Å². The van der Waals surface area contributed by atoms with Crippen molar-refractivity contribution >= 4 is 61.6 Å². The lowest BCUT2D eigenvalue weighted by Crippen LogP contribution is -2.29. The molecular weight excluding hydrogens is 577 g/mol. The van der Waals surface area contributed by atoms with Crippen molar-refractivity contribution in [2.75, 3.05) is 4.90 Å². The molecular formula is C27H19BrFN3O3S2. The molecule has 1 N–H and O–H groups in total. The summed E-state index contributed by atoms with van der Waals surface area (Å²) in [6.07, 6.45) is 0. The summed E-state index contributed by atoms with van der Waals surface area (Å²) in [6, 6.07) is 19.8. The molecule has 1 aliphatic heterocycles. The minimum absolute atomic E-state index is 0.0214. The van der Waals surface area contributed by atoms with Gasteiger partial charge in [-0.1, -0.05) is 99.2 Å². The van der Waals surface area contributed by atoms with Gasteiger partial charge in [-0.05, 0) is 36.2 Å². The van der Waals surface area contributed by atoms with E-state index >= 15 is 0 Å². The Morgan fingerprint density at radius 1 is 1.05 bits per heavy atom. The monoisotopic (exact) mass is 595 g/mol. The van der Waals surface area contributed by atoms with E-state index in [0.29, 0.717) is 26.8 Å². The number of Topliss-reactive ketones (excluding diaryl/α,β-unsaturated/α-hetero) is 1. The van der Waals surface area contributed by atoms with Crippen LogP contribution in [-0.2, 0) is 15.3 Å². The molecule has 0 radical (unpaired) electrons. The van der Waals surface area contributed by atoms with Crippen LogP contribution in [0.15, 0.2) is 87.2 Å². The molecule has 1 fully saturated rings. The summed E-state index contributed by atoms with van der Waals surface area (Å²) in [5, 5.41) is 19.8. The average Bonchev–Trinajstić information content (AvgIpc) is 3.46. The summed E-state index contributed by atoms with van der Waals surface area (Å²) in [7, 11) is 0. The maximum Gasteiger partial charge on any atom is 0.301 e. The number of thioether (sulfide) groups is 1. The smallest absolute Gasteiger partial charge is 0.301 e. The topological polar surface area (TPSA) is 83.4 Å². The molecule has 0 aliphatic carbocycles. The molecule has 1 atom stereocenters. The molecule has 1 saturated heterocycles. The Labute approximate surface area is 229 Å². The zero-order valence-corrected chi connectivity index (χ0v) is 22.6. The van der Waals surface area contributed by atoms with E-state index in [1.165, 1.54) is 22.7 Å². The van der Waals surface area contributed by atoms with Gasteiger partial charge in [0.05, 0.1) is 11.6 Å². The molecule has 10 heteroatoms. The quantitative estimate of drug-likeness (QED) is 0.0881. The fraction of sp³-hybridized carbons (Fsp3) is 0.111. The Morgan fingerprint density at radius 2 is 1.76 bits per heavy atom. The van der Waals surface area contributed by atoms with Gasteiger partial charge in [-0.3, -0.25) is 14.5 Å². The van der Waals surface area contributed by atoms with Gasteiger partial charge in [0.2, 0.25) is 5.13 Å². The maximum absolute atomic E-state index is 14.0. The number of halogens is 2. The Balaban J connectivity index is 1.54. The first-order valence-corrected chi connectivity index (χ1v) is 13.8. The zero-order chi connectivity index (χ0) is 26.1. The highest BCUT2D eigenvalue weighted by Gasteiger charge is 2.48. The lowest BCUT2D eigenvalue weighted by Gasteiger charge is -2.22. The molecule has 0 saturated carbocycles. The number of carbonyl (C=O) groups is 2. The van der Waals surface area contributed by atoms with Crippen molar-refractivity contribution in [2.45, 2.75) is 23.1 Å². The summed E-state index contributed by atoms with van der Waals surface area (Å²) in [5.41, 5.74) is 2.57. The molecule has 1 aromatic heterocycles. The van der Waals surface area contributed by atoms with Gasteiger partial charge >= 0.3 is 5.91 Å². The molecule has 3 aromatic carbocycles. The van der Waals surface area contributed by atoms with Crippen molar-refractivity contribution in [3.8, 4) is 0 Å². The minimum atomic E-state index is -0.897. The van der Waals surface area contributed by atoms with E-state index in [4.69, 9.17) is 0 Å². The number of rotatable bonds is 6. The van der Waals surface area contributed by atoms with E-state index in [1.807, 2.05) is 19.1 Å². The average molecular weight is 597 g/mol. The van der Waals surface area contributed by atoms with Crippen LogP contribution in [0.3, 0.4) is 0 Å². The first kappa shape index (κ1) is 25.3. The van der Waals surface area contributed by atoms with E-state index in [9.17, 15) is 19.1 Å². The molecule has 5 rings (SSSR count). The molecule has 1 aliphatic rings. The number of amides is 1. The third-order valence-corrected chi connectivity index (χ3v) is 8.50. The highest BCUT2D eigenvalue weighted by Crippen LogP contribution is 2.44. The van der Waals surface area contributed by atoms with Crippen molar-refractivity contribution in [3.05, 3.63) is 111 Å². The lowest BCUT2D eigenvalue weighted by molar-refractivity contribution is -0.132. The Hall–Kier alpha value is -3.34. The number of nitrogens with zero attached hydrogens (tertiary/aromatic N) is 3. The third-order valence-electron chi connectivity index (χ3n) is 5.87. The molecule has 4 aromatic rings. The molecule has 2 heterocycles. The number of anilines is 1. The number of hydrogen-bond donors (Lipinski definition) is 1. The standard InChI is InChI=1S/C27H19BrFN3O3S2/c1-15-6-8-17(9-7-15)23(33)21-22(16-10-12-19(28)13-11-16)32(25(35)24(21)34)26-30-31-27(37-26)36-14-18-4-2-3-5-20(18)29/h2-13,22,33H,14H2,1H3/b23-21-. The molecule has 186 valence electrons. The largest absolute Gasteiger partial charge is 0.507 e. The third kappa shape index (κ3) is 5.09. The first-order valence-electron chi connectivity index (χ1n) is 11.2. The van der Waals surface area contributed by atoms with Crippen molar-refractivity contribution < 1.29 is 19.1 Å². The number of hydrogen-bond acceptors (Lipinski definition) is 7. The van der Waals surface area contributed by atoms with Crippen LogP contribution in [0.2, 0.25) is 0 Å². The van der Waals surface area contributed by atoms with Gasteiger partial charge in [0.1, 0.15) is 11.6 Å². The SMILES string of the molecule is Cc1ccc(/C(O)=C2/C(=O)C(=O)N(c3nnc(SCc4ccccc4F)s3)C2c2ccc(Br)cc2)cc1. The Bertz CT molecular complexity index is 1520. The van der Waals surface area contributed by atoms with Gasteiger partial charge < -0.3 is 5.11 Å². The van der Waals surface area contributed by atoms with Crippen LogP contribution < -0.4 is 4.90 Å². The lowest BCUT2D eigenvalue weighted by atomic mass is 9.95. The summed E-state index contributed by atoms with van der Waals surface area (Å²) in [6.45, 7) is 1.92. The van der Waals surface area contributed by atoms with E-state index in [-0.39, 0.29) is 22.3 Å². The van der Waals surface area contributed by atoms with E-state index in [0.717, 1.165) is 21.4 Å². The summed E-state index contributed by atoms with van der Waals surface area (Å²) >= 11 is 5.83. The number of aryl methyl sites for hydroxylation is 1. The molecule has 1 unspecified atom stereocenters. The molecule has 6 nitrogen and oxygen atoms in total. The van der Waals surface area contributed by atoms with E-state index in [2.05, 4.69) is 26.1 Å². The normalized spacial score (nSPS) is 16.9. The fourth-order valence-corrected chi connectivity index (χ4v) is 6.09. The first-order chi connectivity index (χ1) is 17.8. The summed E-state index contributed by atoms with van der Waals surface area (Å²) < 4.78 is 15.4. The van der Waals surface area contributed by atoms with Gasteiger partial charge in [0.25, 0.3) is 5.78 Å². The van der Waals surface area contributed by atoms with Crippen LogP contribution >= 0.6 is 39.0 Å². The van der Waals surface area contributed by atoms with Gasteiger partial charge in [0.15, 0.2) is 4.34 Å². The predicted molar refractivity (Wildman–Crippen MR) is 146 cm³/mol. The highest BCUT2D eigenvalue weighted by atomic mass is 79.9. The van der Waals surface area contributed by atoms with Gasteiger partial charge in [-0.15, -0.1) is 10.2 Å². The number of carbonyl (C=O) groups excluding carboxylic acids is 2. The second kappa shape index (κ2) is 10.6. The van der Waals surface area contributed by atoms with Crippen molar-refractivity contribution in [1.29, 1.82) is 0 Å². The van der Waals surface area contributed by atoms with E-state index < -0.39 is 17.7 Å². The number of ketones is 1. The molecule has 0 spiro atoms. The number of aliphatic hydroxyl groups excluding tert-OH is 1. The second-order valence-electron chi connectivity index (χ2n) is 8.32. The van der Waals surface area contributed by atoms with Crippen LogP contribution in [0.5, 0.6) is 0 Å². The van der Waals surface area contributed by atoms with Gasteiger partial charge in [0, 0.05) is 15.8 Å². The second-order valence-corrected chi connectivity index (χ2v) is 11.4. The fourth-order valence-electron chi connectivity index (χ4n) is 3.97. The predicted octanol–water partition coefficient (Wildman–Crippen LogP) is 6.67. The van der Waals surface area contributed by atoms with Gasteiger partial charge in [-0.2, -0.15) is 0 Å². The number of aliphatic hydroxyl groups is 1.